The molecule has 1 N–H and O–H groups in total. The summed E-state index contributed by atoms with van der Waals surface area (Å²) >= 11 is 1.46. The number of carbonyl (C=O) groups is 1. The van der Waals surface area contributed by atoms with Crippen molar-refractivity contribution in [3.8, 4) is 0 Å². The first-order valence-corrected chi connectivity index (χ1v) is 7.84. The van der Waals surface area contributed by atoms with Crippen LogP contribution < -0.4 is 5.32 Å². The Bertz CT molecular complexity index is 541. The van der Waals surface area contributed by atoms with Crippen LogP contribution in [0.3, 0.4) is 0 Å². The standard InChI is InChI=1S/C15H23N3OS/c1-8(2)7-10-11(15(10,5)6)12(19)16-14-18-17-13(20-14)9(3)4/h7,9-11H,1-6H3,(H,16,18,19). The maximum absolute atomic E-state index is 12.4. The Kier molecular flexibility index (Phi) is 4.00. The summed E-state index contributed by atoms with van der Waals surface area (Å²) in [6.07, 6.45) is 2.20. The highest BCUT2D eigenvalue weighted by Gasteiger charge is 2.60. The molecule has 0 saturated heterocycles. The van der Waals surface area contributed by atoms with Crippen LogP contribution in [0.2, 0.25) is 0 Å². The summed E-state index contributed by atoms with van der Waals surface area (Å²) in [6.45, 7) is 12.6. The van der Waals surface area contributed by atoms with E-state index in [4.69, 9.17) is 0 Å². The molecule has 1 aromatic heterocycles. The van der Waals surface area contributed by atoms with Crippen LogP contribution >= 0.6 is 11.3 Å². The Balaban J connectivity index is 2.04. The summed E-state index contributed by atoms with van der Waals surface area (Å²) in [6, 6.07) is 0. The van der Waals surface area contributed by atoms with E-state index < -0.39 is 0 Å². The van der Waals surface area contributed by atoms with Crippen molar-refractivity contribution >= 4 is 22.4 Å². The molecule has 1 heterocycles. The Morgan fingerprint density at radius 3 is 2.50 bits per heavy atom. The molecule has 1 aromatic rings. The lowest BCUT2D eigenvalue weighted by molar-refractivity contribution is -0.118. The highest BCUT2D eigenvalue weighted by atomic mass is 32.1. The van der Waals surface area contributed by atoms with Crippen molar-refractivity contribution in [2.75, 3.05) is 5.32 Å². The third-order valence-electron chi connectivity index (χ3n) is 3.87. The molecule has 20 heavy (non-hydrogen) atoms. The first-order chi connectivity index (χ1) is 9.23. The lowest BCUT2D eigenvalue weighted by atomic mass is 10.1. The van der Waals surface area contributed by atoms with Crippen molar-refractivity contribution in [2.45, 2.75) is 47.5 Å². The van der Waals surface area contributed by atoms with Gasteiger partial charge in [0.15, 0.2) is 0 Å². The first kappa shape index (κ1) is 15.2. The lowest BCUT2D eigenvalue weighted by Gasteiger charge is -2.02. The van der Waals surface area contributed by atoms with Gasteiger partial charge in [0.2, 0.25) is 11.0 Å². The van der Waals surface area contributed by atoms with Crippen molar-refractivity contribution in [1.82, 2.24) is 10.2 Å². The van der Waals surface area contributed by atoms with Gasteiger partial charge in [0.25, 0.3) is 0 Å². The predicted octanol–water partition coefficient (Wildman–Crippen LogP) is 3.84. The minimum absolute atomic E-state index is 0.0313. The number of aromatic nitrogens is 2. The fourth-order valence-electron chi connectivity index (χ4n) is 2.55. The molecule has 0 bridgehead atoms. The zero-order chi connectivity index (χ0) is 15.1. The normalized spacial score (nSPS) is 23.6. The van der Waals surface area contributed by atoms with Gasteiger partial charge in [-0.15, -0.1) is 10.2 Å². The fourth-order valence-corrected chi connectivity index (χ4v) is 3.30. The van der Waals surface area contributed by atoms with Crippen LogP contribution in [0, 0.1) is 17.3 Å². The van der Waals surface area contributed by atoms with Gasteiger partial charge >= 0.3 is 0 Å². The smallest absolute Gasteiger partial charge is 0.230 e. The van der Waals surface area contributed by atoms with Crippen LogP contribution in [-0.2, 0) is 4.79 Å². The van der Waals surface area contributed by atoms with E-state index in [-0.39, 0.29) is 17.2 Å². The van der Waals surface area contributed by atoms with Crippen molar-refractivity contribution in [3.63, 3.8) is 0 Å². The van der Waals surface area contributed by atoms with E-state index in [1.165, 1.54) is 16.9 Å². The topological polar surface area (TPSA) is 54.9 Å². The third-order valence-corrected chi connectivity index (χ3v) is 5.01. The van der Waals surface area contributed by atoms with E-state index in [1.807, 2.05) is 0 Å². The van der Waals surface area contributed by atoms with Crippen LogP contribution in [0.4, 0.5) is 5.13 Å². The summed E-state index contributed by atoms with van der Waals surface area (Å²) in [5, 5.41) is 12.6. The van der Waals surface area contributed by atoms with Crippen LogP contribution in [0.25, 0.3) is 0 Å². The first-order valence-electron chi connectivity index (χ1n) is 7.02. The van der Waals surface area contributed by atoms with Gasteiger partial charge in [-0.1, -0.05) is 50.7 Å². The summed E-state index contributed by atoms with van der Waals surface area (Å²) in [4.78, 5) is 12.4. The molecule has 0 aliphatic heterocycles. The molecular weight excluding hydrogens is 270 g/mol. The summed E-state index contributed by atoms with van der Waals surface area (Å²) < 4.78 is 0. The van der Waals surface area contributed by atoms with Gasteiger partial charge in [0, 0.05) is 5.92 Å². The number of hydrogen-bond donors (Lipinski definition) is 1. The maximum Gasteiger partial charge on any atom is 0.230 e. The van der Waals surface area contributed by atoms with Crippen LogP contribution in [-0.4, -0.2) is 16.1 Å². The molecule has 5 heteroatoms. The van der Waals surface area contributed by atoms with E-state index >= 15 is 0 Å². The molecule has 2 unspecified atom stereocenters. The van der Waals surface area contributed by atoms with Crippen molar-refractivity contribution < 1.29 is 4.79 Å². The van der Waals surface area contributed by atoms with Crippen LogP contribution in [0.5, 0.6) is 0 Å². The molecule has 2 atom stereocenters. The number of rotatable bonds is 4. The summed E-state index contributed by atoms with van der Waals surface area (Å²) in [5.41, 5.74) is 1.30. The van der Waals surface area contributed by atoms with Gasteiger partial charge in [-0.25, -0.2) is 0 Å². The number of nitrogens with zero attached hydrogens (tertiary/aromatic N) is 2. The molecule has 1 fully saturated rings. The third kappa shape index (κ3) is 2.92. The van der Waals surface area contributed by atoms with Crippen LogP contribution in [0.15, 0.2) is 11.6 Å². The molecule has 0 spiro atoms. The second-order valence-corrected chi connectivity index (χ2v) is 7.67. The van der Waals surface area contributed by atoms with E-state index in [9.17, 15) is 4.79 Å². The Hall–Kier alpha value is -1.23. The molecule has 0 radical (unpaired) electrons. The average Bonchev–Trinajstić information content (AvgIpc) is 2.71. The van der Waals surface area contributed by atoms with Gasteiger partial charge in [0.05, 0.1) is 5.92 Å². The number of nitrogens with one attached hydrogen (secondary N) is 1. The number of allylic oxidation sites excluding steroid dienone is 2. The Labute approximate surface area is 124 Å². The van der Waals surface area contributed by atoms with E-state index in [2.05, 4.69) is 63.1 Å². The minimum atomic E-state index is 0.0313. The predicted molar refractivity (Wildman–Crippen MR) is 82.8 cm³/mol. The SMILES string of the molecule is CC(C)=CC1C(C(=O)Nc2nnc(C(C)C)s2)C1(C)C. The minimum Gasteiger partial charge on any atom is -0.300 e. The second kappa shape index (κ2) is 5.28. The van der Waals surface area contributed by atoms with Crippen LogP contribution in [0.1, 0.15) is 52.5 Å². The van der Waals surface area contributed by atoms with Gasteiger partial charge < -0.3 is 5.32 Å². The van der Waals surface area contributed by atoms with Gasteiger partial charge in [-0.2, -0.15) is 0 Å². The fraction of sp³-hybridized carbons (Fsp3) is 0.667. The summed E-state index contributed by atoms with van der Waals surface area (Å²) in [7, 11) is 0. The average molecular weight is 293 g/mol. The molecule has 110 valence electrons. The number of amides is 1. The van der Waals surface area contributed by atoms with Crippen molar-refractivity contribution in [2.24, 2.45) is 17.3 Å². The quantitative estimate of drug-likeness (QED) is 0.858. The Morgan fingerprint density at radius 1 is 1.35 bits per heavy atom. The van der Waals surface area contributed by atoms with Gasteiger partial charge in [-0.3, -0.25) is 4.79 Å². The molecule has 2 rings (SSSR count). The Morgan fingerprint density at radius 2 is 2.00 bits per heavy atom. The highest BCUT2D eigenvalue weighted by Crippen LogP contribution is 2.59. The maximum atomic E-state index is 12.4. The monoisotopic (exact) mass is 293 g/mol. The van der Waals surface area contributed by atoms with E-state index in [1.54, 1.807) is 0 Å². The van der Waals surface area contributed by atoms with E-state index in [0.717, 1.165) is 5.01 Å². The largest absolute Gasteiger partial charge is 0.300 e. The highest BCUT2D eigenvalue weighted by molar-refractivity contribution is 7.15. The zero-order valence-corrected chi connectivity index (χ0v) is 13.8. The van der Waals surface area contributed by atoms with Gasteiger partial charge in [0.1, 0.15) is 5.01 Å². The molecule has 1 amide bonds. The molecule has 4 nitrogen and oxygen atoms in total. The second-order valence-electron chi connectivity index (χ2n) is 6.66. The number of carbonyl (C=O) groups excluding carboxylic acids is 1. The molecule has 0 aromatic carbocycles. The van der Waals surface area contributed by atoms with Crippen molar-refractivity contribution in [1.29, 1.82) is 0 Å². The van der Waals surface area contributed by atoms with E-state index in [0.29, 0.717) is 17.0 Å². The van der Waals surface area contributed by atoms with Crippen molar-refractivity contribution in [3.05, 3.63) is 16.7 Å². The molecule has 1 saturated carbocycles. The zero-order valence-electron chi connectivity index (χ0n) is 13.0. The number of hydrogen-bond acceptors (Lipinski definition) is 4. The lowest BCUT2D eigenvalue weighted by Crippen LogP contribution is -2.16. The summed E-state index contributed by atoms with van der Waals surface area (Å²) in [5.74, 6) is 0.756. The molecular formula is C15H23N3OS. The van der Waals surface area contributed by atoms with Gasteiger partial charge in [-0.05, 0) is 25.2 Å². The molecule has 1 aliphatic carbocycles. The number of anilines is 1. The molecule has 1 aliphatic rings.